The molecular formula is C15H7Cl2N3OS2. The van der Waals surface area contributed by atoms with Gasteiger partial charge in [-0.25, -0.2) is 0 Å². The predicted octanol–water partition coefficient (Wildman–Crippen LogP) is 3.73. The minimum atomic E-state index is -0.178. The quantitative estimate of drug-likeness (QED) is 0.532. The van der Waals surface area contributed by atoms with Crippen LogP contribution in [-0.2, 0) is 0 Å². The van der Waals surface area contributed by atoms with E-state index in [9.17, 15) is 4.79 Å². The molecule has 0 saturated heterocycles. The van der Waals surface area contributed by atoms with E-state index in [-0.39, 0.29) is 5.56 Å². The van der Waals surface area contributed by atoms with Crippen molar-refractivity contribution in [1.29, 1.82) is 0 Å². The summed E-state index contributed by atoms with van der Waals surface area (Å²) in [5.74, 6) is 0.415. The number of fused-ring (bicyclic) bond motifs is 1. The van der Waals surface area contributed by atoms with Crippen LogP contribution in [0.3, 0.4) is 0 Å². The topological polar surface area (TPSA) is 47.3 Å². The molecule has 0 aliphatic rings. The summed E-state index contributed by atoms with van der Waals surface area (Å²) in [7, 11) is 0. The largest absolute Gasteiger partial charge is 0.291 e. The summed E-state index contributed by atoms with van der Waals surface area (Å²) in [4.78, 5) is 18.4. The van der Waals surface area contributed by atoms with E-state index in [1.807, 2.05) is 23.6 Å². The van der Waals surface area contributed by atoms with Crippen LogP contribution < -0.4 is 10.1 Å². The Balaban J connectivity index is 1.86. The first kappa shape index (κ1) is 14.8. The van der Waals surface area contributed by atoms with Gasteiger partial charge in [0.1, 0.15) is 0 Å². The van der Waals surface area contributed by atoms with Gasteiger partial charge in [-0.05, 0) is 35.7 Å². The van der Waals surface area contributed by atoms with Gasteiger partial charge in [-0.15, -0.1) is 16.4 Å². The van der Waals surface area contributed by atoms with Crippen molar-refractivity contribution in [2.45, 2.75) is 0 Å². The molecule has 0 aliphatic heterocycles. The number of rotatable bonds is 2. The molecule has 0 atom stereocenters. The van der Waals surface area contributed by atoms with Gasteiger partial charge in [0.05, 0.1) is 9.55 Å². The van der Waals surface area contributed by atoms with Crippen molar-refractivity contribution in [2.24, 2.45) is 0 Å². The second-order valence-corrected chi connectivity index (χ2v) is 7.52. The highest BCUT2D eigenvalue weighted by molar-refractivity contribution is 7.15. The Bertz CT molecular complexity index is 1120. The third kappa shape index (κ3) is 2.68. The maximum Gasteiger partial charge on any atom is 0.291 e. The minimum Gasteiger partial charge on any atom is -0.266 e. The zero-order valence-electron chi connectivity index (χ0n) is 11.4. The zero-order valence-corrected chi connectivity index (χ0v) is 14.5. The van der Waals surface area contributed by atoms with E-state index in [1.165, 1.54) is 15.9 Å². The fourth-order valence-electron chi connectivity index (χ4n) is 2.12. The van der Waals surface area contributed by atoms with E-state index in [1.54, 1.807) is 29.5 Å². The van der Waals surface area contributed by atoms with E-state index in [0.717, 1.165) is 4.88 Å². The molecule has 4 aromatic rings. The summed E-state index contributed by atoms with van der Waals surface area (Å²) in [6, 6.07) is 8.98. The van der Waals surface area contributed by atoms with Gasteiger partial charge in [0.15, 0.2) is 5.82 Å². The molecular weight excluding hydrogens is 373 g/mol. The van der Waals surface area contributed by atoms with E-state index >= 15 is 0 Å². The molecule has 1 aromatic carbocycles. The van der Waals surface area contributed by atoms with E-state index in [0.29, 0.717) is 30.9 Å². The van der Waals surface area contributed by atoms with Gasteiger partial charge in [0.2, 0.25) is 4.96 Å². The van der Waals surface area contributed by atoms with Crippen molar-refractivity contribution in [1.82, 2.24) is 14.6 Å². The number of benzene rings is 1. The summed E-state index contributed by atoms with van der Waals surface area (Å²) >= 11 is 14.9. The minimum absolute atomic E-state index is 0.178. The Labute approximate surface area is 148 Å². The van der Waals surface area contributed by atoms with Gasteiger partial charge in [-0.3, -0.25) is 4.79 Å². The molecule has 3 heterocycles. The van der Waals surface area contributed by atoms with E-state index in [2.05, 4.69) is 10.1 Å². The Kier molecular flexibility index (Phi) is 3.69. The number of halogens is 2. The maximum absolute atomic E-state index is 12.4. The number of aromatic nitrogens is 3. The van der Waals surface area contributed by atoms with E-state index < -0.39 is 0 Å². The lowest BCUT2D eigenvalue weighted by Crippen LogP contribution is -2.23. The van der Waals surface area contributed by atoms with Crippen molar-refractivity contribution < 1.29 is 0 Å². The fraction of sp³-hybridized carbons (Fsp3) is 0. The summed E-state index contributed by atoms with van der Waals surface area (Å²) in [5, 5.41) is 7.24. The lowest BCUT2D eigenvalue weighted by Gasteiger charge is -1.98. The van der Waals surface area contributed by atoms with Crippen molar-refractivity contribution >= 4 is 56.9 Å². The van der Waals surface area contributed by atoms with Crippen molar-refractivity contribution in [3.8, 4) is 11.4 Å². The van der Waals surface area contributed by atoms with Gasteiger partial charge in [0.25, 0.3) is 5.56 Å². The Hall–Kier alpha value is -1.73. The number of hydrogen-bond acceptors (Lipinski definition) is 5. The van der Waals surface area contributed by atoms with Crippen LogP contribution in [0.4, 0.5) is 0 Å². The molecule has 0 bridgehead atoms. The molecule has 8 heteroatoms. The van der Waals surface area contributed by atoms with Gasteiger partial charge in [-0.1, -0.05) is 40.6 Å². The summed E-state index contributed by atoms with van der Waals surface area (Å²) in [5.41, 5.74) is 0.470. The molecule has 0 aliphatic carbocycles. The normalized spacial score (nSPS) is 12.3. The molecule has 4 rings (SSSR count). The summed E-state index contributed by atoms with van der Waals surface area (Å²) in [6.45, 7) is 0. The van der Waals surface area contributed by atoms with Crippen LogP contribution in [-0.4, -0.2) is 14.6 Å². The first-order valence-electron chi connectivity index (χ1n) is 6.52. The molecule has 4 nitrogen and oxygen atoms in total. The average Bonchev–Trinajstić information content (AvgIpc) is 3.20. The first-order valence-corrected chi connectivity index (χ1v) is 8.97. The van der Waals surface area contributed by atoms with Crippen molar-refractivity contribution in [2.75, 3.05) is 0 Å². The standard InChI is InChI=1S/C15H7Cl2N3OS2/c16-8-3-4-10(11(17)6-8)13-18-15-20(19-13)14(21)12(23-15)7-9-2-1-5-22-9/h1-7H/b12-7-. The third-order valence-electron chi connectivity index (χ3n) is 3.17. The van der Waals surface area contributed by atoms with Crippen LogP contribution >= 0.6 is 45.9 Å². The van der Waals surface area contributed by atoms with Crippen molar-refractivity contribution in [3.05, 3.63) is 65.5 Å². The Morgan fingerprint density at radius 1 is 1.22 bits per heavy atom. The Morgan fingerprint density at radius 3 is 2.78 bits per heavy atom. The highest BCUT2D eigenvalue weighted by Crippen LogP contribution is 2.28. The molecule has 3 aromatic heterocycles. The van der Waals surface area contributed by atoms with Crippen LogP contribution in [0.5, 0.6) is 0 Å². The van der Waals surface area contributed by atoms with Crippen LogP contribution in [0.15, 0.2) is 40.5 Å². The van der Waals surface area contributed by atoms with Gasteiger partial charge >= 0.3 is 0 Å². The lowest BCUT2D eigenvalue weighted by atomic mass is 10.2. The molecule has 0 saturated carbocycles. The summed E-state index contributed by atoms with van der Waals surface area (Å²) < 4.78 is 1.92. The molecule has 0 fully saturated rings. The number of hydrogen-bond donors (Lipinski definition) is 0. The molecule has 114 valence electrons. The monoisotopic (exact) mass is 379 g/mol. The molecule has 0 unspecified atom stereocenters. The molecule has 0 radical (unpaired) electrons. The van der Waals surface area contributed by atoms with Gasteiger partial charge in [0, 0.05) is 15.5 Å². The SMILES string of the molecule is O=c1/c(=C/c2cccs2)sc2nc(-c3ccc(Cl)cc3Cl)nn12. The Morgan fingerprint density at radius 2 is 2.09 bits per heavy atom. The highest BCUT2D eigenvalue weighted by Gasteiger charge is 2.14. The fourth-order valence-corrected chi connectivity index (χ4v) is 4.24. The maximum atomic E-state index is 12.4. The number of nitrogens with zero attached hydrogens (tertiary/aromatic N) is 3. The van der Waals surface area contributed by atoms with Crippen LogP contribution in [0.25, 0.3) is 22.4 Å². The molecule has 23 heavy (non-hydrogen) atoms. The average molecular weight is 380 g/mol. The van der Waals surface area contributed by atoms with Crippen molar-refractivity contribution in [3.63, 3.8) is 0 Å². The predicted molar refractivity (Wildman–Crippen MR) is 95.7 cm³/mol. The van der Waals surface area contributed by atoms with E-state index in [4.69, 9.17) is 23.2 Å². The second-order valence-electron chi connectivity index (χ2n) is 4.69. The number of thiazole rings is 1. The molecule has 0 N–H and O–H groups in total. The number of thiophene rings is 1. The molecule has 0 amide bonds. The smallest absolute Gasteiger partial charge is 0.266 e. The first-order chi connectivity index (χ1) is 11.1. The highest BCUT2D eigenvalue weighted by atomic mass is 35.5. The summed E-state index contributed by atoms with van der Waals surface area (Å²) in [6.07, 6.45) is 1.85. The lowest BCUT2D eigenvalue weighted by molar-refractivity contribution is 0.937. The zero-order chi connectivity index (χ0) is 16.0. The third-order valence-corrected chi connectivity index (χ3v) is 5.50. The second kappa shape index (κ2) is 5.72. The van der Waals surface area contributed by atoms with Crippen LogP contribution in [0, 0.1) is 0 Å². The van der Waals surface area contributed by atoms with Crippen LogP contribution in [0.2, 0.25) is 10.0 Å². The van der Waals surface area contributed by atoms with Crippen LogP contribution in [0.1, 0.15) is 4.88 Å². The van der Waals surface area contributed by atoms with Gasteiger partial charge in [-0.2, -0.15) is 9.50 Å². The molecule has 0 spiro atoms. The van der Waals surface area contributed by atoms with Gasteiger partial charge < -0.3 is 0 Å².